The molecule has 1 heterocycles. The highest BCUT2D eigenvalue weighted by atomic mass is 32.2. The van der Waals surface area contributed by atoms with Gasteiger partial charge in [-0.15, -0.1) is 11.8 Å². The molecule has 0 radical (unpaired) electrons. The maximum Gasteiger partial charge on any atom is 0.344 e. The molecule has 2 N–H and O–H groups in total. The Kier molecular flexibility index (Phi) is 2.34. The smallest absolute Gasteiger partial charge is 0.344 e. The van der Waals surface area contributed by atoms with Gasteiger partial charge in [0, 0.05) is 11.8 Å². The molecule has 3 nitrogen and oxygen atoms in total. The van der Waals surface area contributed by atoms with Gasteiger partial charge in [0.2, 0.25) is 0 Å². The highest BCUT2D eigenvalue weighted by Gasteiger charge is 2.18. The number of carbonyl (C=O) groups is 1. The summed E-state index contributed by atoms with van der Waals surface area (Å²) in [6, 6.07) is 0.0131. The van der Waals surface area contributed by atoms with Gasteiger partial charge in [-0.05, 0) is 6.08 Å². The van der Waals surface area contributed by atoms with E-state index in [0.29, 0.717) is 4.91 Å². The molecule has 1 atom stereocenters. The van der Waals surface area contributed by atoms with Gasteiger partial charge in [-0.1, -0.05) is 0 Å². The van der Waals surface area contributed by atoms with Gasteiger partial charge in [0.1, 0.15) is 0 Å². The molecule has 56 valence electrons. The van der Waals surface area contributed by atoms with Crippen LogP contribution in [0.3, 0.4) is 0 Å². The summed E-state index contributed by atoms with van der Waals surface area (Å²) in [6.07, 6.45) is 1.73. The minimum absolute atomic E-state index is 0.0131. The molecule has 10 heavy (non-hydrogen) atoms. The number of carbonyl (C=O) groups excluding carboxylic acids is 1. The second-order valence-corrected chi connectivity index (χ2v) is 3.06. The van der Waals surface area contributed by atoms with Crippen LogP contribution in [-0.2, 0) is 9.53 Å². The van der Waals surface area contributed by atoms with Gasteiger partial charge in [-0.3, -0.25) is 0 Å². The fraction of sp³-hybridized carbons (Fsp3) is 0.500. The van der Waals surface area contributed by atoms with Crippen molar-refractivity contribution >= 4 is 17.7 Å². The van der Waals surface area contributed by atoms with E-state index in [1.165, 1.54) is 18.9 Å². The SMILES string of the molecule is COC(=O)C1=C[C@@H](N)CS1. The molecule has 0 aromatic carbocycles. The third-order valence-electron chi connectivity index (χ3n) is 1.18. The van der Waals surface area contributed by atoms with Crippen LogP contribution in [0.2, 0.25) is 0 Å². The first-order valence-electron chi connectivity index (χ1n) is 2.92. The van der Waals surface area contributed by atoms with Crippen molar-refractivity contribution in [2.75, 3.05) is 12.9 Å². The van der Waals surface area contributed by atoms with E-state index in [1.807, 2.05) is 0 Å². The average Bonchev–Trinajstić information content (AvgIpc) is 2.34. The Morgan fingerprint density at radius 2 is 2.70 bits per heavy atom. The number of nitrogens with two attached hydrogens (primary N) is 1. The van der Waals surface area contributed by atoms with Crippen LogP contribution < -0.4 is 5.73 Å². The predicted octanol–water partition coefficient (Wildman–Crippen LogP) is 0.117. The first kappa shape index (κ1) is 7.63. The van der Waals surface area contributed by atoms with Gasteiger partial charge in [0.25, 0.3) is 0 Å². The van der Waals surface area contributed by atoms with Gasteiger partial charge in [-0.2, -0.15) is 0 Å². The molecule has 0 spiro atoms. The molecule has 0 fully saturated rings. The Morgan fingerprint density at radius 1 is 2.00 bits per heavy atom. The number of thioether (sulfide) groups is 1. The van der Waals surface area contributed by atoms with Crippen LogP contribution >= 0.6 is 11.8 Å². The molecule has 0 aromatic heterocycles. The third-order valence-corrected chi connectivity index (χ3v) is 2.35. The Morgan fingerprint density at radius 3 is 3.10 bits per heavy atom. The van der Waals surface area contributed by atoms with Gasteiger partial charge in [-0.25, -0.2) is 4.79 Å². The average molecular weight is 159 g/mol. The Bertz CT molecular complexity index is 179. The first-order valence-corrected chi connectivity index (χ1v) is 3.91. The number of hydrogen-bond acceptors (Lipinski definition) is 4. The van der Waals surface area contributed by atoms with E-state index in [1.54, 1.807) is 6.08 Å². The zero-order valence-corrected chi connectivity index (χ0v) is 6.48. The van der Waals surface area contributed by atoms with E-state index in [4.69, 9.17) is 5.73 Å². The fourth-order valence-electron chi connectivity index (χ4n) is 0.704. The molecule has 0 aromatic rings. The van der Waals surface area contributed by atoms with E-state index in [9.17, 15) is 4.79 Å². The van der Waals surface area contributed by atoms with Crippen molar-refractivity contribution in [1.29, 1.82) is 0 Å². The molecule has 0 saturated carbocycles. The number of ether oxygens (including phenoxy) is 1. The van der Waals surface area contributed by atoms with Crippen molar-refractivity contribution < 1.29 is 9.53 Å². The minimum atomic E-state index is -0.280. The Balaban J connectivity index is 2.57. The molecule has 0 aliphatic carbocycles. The van der Waals surface area contributed by atoms with Crippen LogP contribution in [-0.4, -0.2) is 24.9 Å². The Hall–Kier alpha value is -0.480. The van der Waals surface area contributed by atoms with Crippen LogP contribution in [0.1, 0.15) is 0 Å². The highest BCUT2D eigenvalue weighted by molar-refractivity contribution is 8.04. The van der Waals surface area contributed by atoms with E-state index >= 15 is 0 Å². The summed E-state index contributed by atoms with van der Waals surface area (Å²) in [5, 5.41) is 0. The summed E-state index contributed by atoms with van der Waals surface area (Å²) in [6.45, 7) is 0. The van der Waals surface area contributed by atoms with Gasteiger partial charge in [0.15, 0.2) is 0 Å². The maximum absolute atomic E-state index is 10.8. The summed E-state index contributed by atoms with van der Waals surface area (Å²) in [5.74, 6) is 0.503. The zero-order chi connectivity index (χ0) is 7.56. The molecule has 1 aliphatic heterocycles. The van der Waals surface area contributed by atoms with Crippen LogP contribution in [0.15, 0.2) is 11.0 Å². The molecular formula is C6H9NO2S. The lowest BCUT2D eigenvalue weighted by molar-refractivity contribution is -0.135. The van der Waals surface area contributed by atoms with Crippen LogP contribution in [0.4, 0.5) is 0 Å². The van der Waals surface area contributed by atoms with E-state index in [2.05, 4.69) is 4.74 Å². The van der Waals surface area contributed by atoms with Gasteiger partial charge in [0.05, 0.1) is 12.0 Å². The standard InChI is InChI=1S/C6H9NO2S/c1-9-6(8)5-2-4(7)3-10-5/h2,4H,3,7H2,1H3/t4-/m1/s1. The van der Waals surface area contributed by atoms with E-state index < -0.39 is 0 Å². The van der Waals surface area contributed by atoms with Crippen LogP contribution in [0.5, 0.6) is 0 Å². The van der Waals surface area contributed by atoms with Crippen molar-refractivity contribution in [3.05, 3.63) is 11.0 Å². The van der Waals surface area contributed by atoms with Crippen molar-refractivity contribution in [2.24, 2.45) is 5.73 Å². The fourth-order valence-corrected chi connectivity index (χ4v) is 1.64. The third kappa shape index (κ3) is 1.52. The van der Waals surface area contributed by atoms with E-state index in [-0.39, 0.29) is 12.0 Å². The molecule has 1 rings (SSSR count). The van der Waals surface area contributed by atoms with Crippen LogP contribution in [0, 0.1) is 0 Å². The minimum Gasteiger partial charge on any atom is -0.465 e. The molecule has 4 heteroatoms. The predicted molar refractivity (Wildman–Crippen MR) is 40.5 cm³/mol. The van der Waals surface area contributed by atoms with Crippen molar-refractivity contribution in [3.8, 4) is 0 Å². The Labute approximate surface area is 63.6 Å². The molecule has 0 amide bonds. The number of rotatable bonds is 1. The topological polar surface area (TPSA) is 52.3 Å². The highest BCUT2D eigenvalue weighted by Crippen LogP contribution is 2.24. The lowest BCUT2D eigenvalue weighted by Gasteiger charge is -1.95. The normalized spacial score (nSPS) is 24.2. The summed E-state index contributed by atoms with van der Waals surface area (Å²) in [5.41, 5.74) is 5.51. The number of esters is 1. The molecule has 0 bridgehead atoms. The molecular weight excluding hydrogens is 150 g/mol. The second kappa shape index (κ2) is 3.07. The quantitative estimate of drug-likeness (QED) is 0.552. The lowest BCUT2D eigenvalue weighted by Crippen LogP contribution is -2.15. The van der Waals surface area contributed by atoms with Crippen molar-refractivity contribution in [3.63, 3.8) is 0 Å². The first-order chi connectivity index (χ1) is 4.74. The summed E-state index contributed by atoms with van der Waals surface area (Å²) >= 11 is 1.44. The summed E-state index contributed by atoms with van der Waals surface area (Å²) in [7, 11) is 1.37. The van der Waals surface area contributed by atoms with Crippen LogP contribution in [0.25, 0.3) is 0 Å². The molecule has 0 unspecified atom stereocenters. The van der Waals surface area contributed by atoms with Gasteiger partial charge < -0.3 is 10.5 Å². The molecule has 1 aliphatic rings. The summed E-state index contributed by atoms with van der Waals surface area (Å²) < 4.78 is 4.50. The second-order valence-electron chi connectivity index (χ2n) is 2.00. The lowest BCUT2D eigenvalue weighted by atomic mass is 10.3. The van der Waals surface area contributed by atoms with Crippen molar-refractivity contribution in [2.45, 2.75) is 6.04 Å². The molecule has 0 saturated heterocycles. The van der Waals surface area contributed by atoms with Crippen molar-refractivity contribution in [1.82, 2.24) is 0 Å². The zero-order valence-electron chi connectivity index (χ0n) is 5.66. The number of hydrogen-bond donors (Lipinski definition) is 1. The van der Waals surface area contributed by atoms with E-state index in [0.717, 1.165) is 5.75 Å². The monoisotopic (exact) mass is 159 g/mol. The number of methoxy groups -OCH3 is 1. The summed E-state index contributed by atoms with van der Waals surface area (Å²) in [4.78, 5) is 11.4. The van der Waals surface area contributed by atoms with Gasteiger partial charge >= 0.3 is 5.97 Å². The maximum atomic E-state index is 10.8. The largest absolute Gasteiger partial charge is 0.465 e.